The van der Waals surface area contributed by atoms with E-state index in [-0.39, 0.29) is 5.82 Å². The van der Waals surface area contributed by atoms with Crippen LogP contribution >= 0.6 is 0 Å². The first-order chi connectivity index (χ1) is 14.0. The van der Waals surface area contributed by atoms with E-state index in [0.717, 1.165) is 13.0 Å². The standard InChI is InChI=1S/C25H45FO2Si/c1-4-5-6-7-8-9-10-11-12-13-14-15-16-17-18-22-27-29(2,3)28-25-21-19-20-24(26)23-25/h19-21,23H,4-18,22H2,1-3H3. The summed E-state index contributed by atoms with van der Waals surface area (Å²) in [5, 5.41) is 0. The van der Waals surface area contributed by atoms with Gasteiger partial charge in [0.05, 0.1) is 0 Å². The highest BCUT2D eigenvalue weighted by molar-refractivity contribution is 6.65. The maximum Gasteiger partial charge on any atom is 0.392 e. The van der Waals surface area contributed by atoms with Gasteiger partial charge in [-0.15, -0.1) is 0 Å². The quantitative estimate of drug-likeness (QED) is 0.163. The zero-order chi connectivity index (χ0) is 21.2. The normalized spacial score (nSPS) is 11.7. The van der Waals surface area contributed by atoms with E-state index in [1.54, 1.807) is 12.1 Å². The molecule has 0 saturated heterocycles. The lowest BCUT2D eigenvalue weighted by Gasteiger charge is -2.23. The fraction of sp³-hybridized carbons (Fsp3) is 0.760. The molecule has 0 fully saturated rings. The van der Waals surface area contributed by atoms with E-state index in [2.05, 4.69) is 6.92 Å². The van der Waals surface area contributed by atoms with Gasteiger partial charge in [0.15, 0.2) is 0 Å². The van der Waals surface area contributed by atoms with Crippen LogP contribution in [0.4, 0.5) is 4.39 Å². The van der Waals surface area contributed by atoms with E-state index in [0.29, 0.717) is 5.75 Å². The zero-order valence-corrected chi connectivity index (χ0v) is 20.3. The Hall–Kier alpha value is -0.873. The number of rotatable bonds is 19. The Morgan fingerprint density at radius 3 is 1.69 bits per heavy atom. The third-order valence-electron chi connectivity index (χ3n) is 5.36. The van der Waals surface area contributed by atoms with E-state index in [4.69, 9.17) is 8.85 Å². The van der Waals surface area contributed by atoms with Gasteiger partial charge in [0, 0.05) is 12.7 Å². The molecule has 1 aromatic carbocycles. The Labute approximate surface area is 180 Å². The second-order valence-electron chi connectivity index (χ2n) is 8.76. The van der Waals surface area contributed by atoms with Crippen molar-refractivity contribution in [2.24, 2.45) is 0 Å². The molecule has 4 heteroatoms. The van der Waals surface area contributed by atoms with Crippen LogP contribution in [0.2, 0.25) is 13.1 Å². The van der Waals surface area contributed by atoms with Crippen molar-refractivity contribution in [1.82, 2.24) is 0 Å². The van der Waals surface area contributed by atoms with E-state index < -0.39 is 8.56 Å². The summed E-state index contributed by atoms with van der Waals surface area (Å²) in [6.45, 7) is 7.06. The van der Waals surface area contributed by atoms with E-state index >= 15 is 0 Å². The van der Waals surface area contributed by atoms with E-state index in [1.807, 2.05) is 13.1 Å². The van der Waals surface area contributed by atoms with Crippen LogP contribution in [0.5, 0.6) is 5.75 Å². The first-order valence-electron chi connectivity index (χ1n) is 12.1. The number of hydrogen-bond acceptors (Lipinski definition) is 2. The van der Waals surface area contributed by atoms with Crippen LogP contribution in [-0.4, -0.2) is 15.2 Å². The van der Waals surface area contributed by atoms with Crippen LogP contribution in [-0.2, 0) is 4.43 Å². The third kappa shape index (κ3) is 15.6. The molecule has 0 bridgehead atoms. The lowest BCUT2D eigenvalue weighted by molar-refractivity contribution is 0.240. The summed E-state index contributed by atoms with van der Waals surface area (Å²) >= 11 is 0. The SMILES string of the molecule is CCCCCCCCCCCCCCCCCO[Si](C)(C)Oc1cccc(F)c1. The van der Waals surface area contributed by atoms with Gasteiger partial charge in [-0.2, -0.15) is 0 Å². The van der Waals surface area contributed by atoms with Crippen molar-refractivity contribution in [1.29, 1.82) is 0 Å². The van der Waals surface area contributed by atoms with Crippen LogP contribution in [0.3, 0.4) is 0 Å². The summed E-state index contributed by atoms with van der Waals surface area (Å²) in [4.78, 5) is 0. The summed E-state index contributed by atoms with van der Waals surface area (Å²) in [6, 6.07) is 6.31. The molecule has 0 atom stereocenters. The van der Waals surface area contributed by atoms with Gasteiger partial charge in [-0.25, -0.2) is 4.39 Å². The molecule has 1 aromatic rings. The van der Waals surface area contributed by atoms with Gasteiger partial charge in [-0.1, -0.05) is 103 Å². The Bertz CT molecular complexity index is 507. The molecule has 0 aromatic heterocycles. The first-order valence-corrected chi connectivity index (χ1v) is 14.9. The molecule has 0 aliphatic carbocycles. The predicted octanol–water partition coefficient (Wildman–Crippen LogP) is 8.79. The lowest BCUT2D eigenvalue weighted by Crippen LogP contribution is -2.38. The topological polar surface area (TPSA) is 18.5 Å². The second-order valence-corrected chi connectivity index (χ2v) is 12.0. The van der Waals surface area contributed by atoms with Gasteiger partial charge >= 0.3 is 8.56 Å². The molecule has 0 aliphatic rings. The molecule has 0 unspecified atom stereocenters. The summed E-state index contributed by atoms with van der Waals surface area (Å²) in [7, 11) is -2.24. The smallest absolute Gasteiger partial charge is 0.392 e. The number of benzene rings is 1. The van der Waals surface area contributed by atoms with Crippen molar-refractivity contribution < 1.29 is 13.2 Å². The van der Waals surface area contributed by atoms with Crippen LogP contribution in [0.25, 0.3) is 0 Å². The van der Waals surface area contributed by atoms with Crippen LogP contribution in [0.15, 0.2) is 24.3 Å². The van der Waals surface area contributed by atoms with Gasteiger partial charge < -0.3 is 8.85 Å². The van der Waals surface area contributed by atoms with Gasteiger partial charge in [-0.05, 0) is 31.6 Å². The highest BCUT2D eigenvalue weighted by atomic mass is 28.4. The van der Waals surface area contributed by atoms with Crippen molar-refractivity contribution in [2.75, 3.05) is 6.61 Å². The molecule has 0 amide bonds. The Kier molecular flexibility index (Phi) is 15.2. The number of halogens is 1. The third-order valence-corrected chi connectivity index (χ3v) is 6.98. The largest absolute Gasteiger partial charge is 0.520 e. The molecule has 0 spiro atoms. The molecule has 0 radical (unpaired) electrons. The highest BCUT2D eigenvalue weighted by Gasteiger charge is 2.26. The van der Waals surface area contributed by atoms with Crippen molar-refractivity contribution in [3.05, 3.63) is 30.1 Å². The number of unbranched alkanes of at least 4 members (excludes halogenated alkanes) is 14. The lowest BCUT2D eigenvalue weighted by atomic mass is 10.0. The summed E-state index contributed by atoms with van der Waals surface area (Å²) in [6.07, 6.45) is 20.5. The molecule has 2 nitrogen and oxygen atoms in total. The monoisotopic (exact) mass is 424 g/mol. The number of hydrogen-bond donors (Lipinski definition) is 0. The van der Waals surface area contributed by atoms with Crippen LogP contribution < -0.4 is 4.43 Å². The van der Waals surface area contributed by atoms with Crippen molar-refractivity contribution in [3.63, 3.8) is 0 Å². The molecule has 1 rings (SSSR count). The molecule has 0 heterocycles. The van der Waals surface area contributed by atoms with E-state index in [1.165, 1.54) is 102 Å². The van der Waals surface area contributed by atoms with Crippen LogP contribution in [0, 0.1) is 5.82 Å². The maximum absolute atomic E-state index is 13.2. The van der Waals surface area contributed by atoms with Gasteiger partial charge in [0.1, 0.15) is 11.6 Å². The summed E-state index contributed by atoms with van der Waals surface area (Å²) < 4.78 is 25.1. The van der Waals surface area contributed by atoms with E-state index in [9.17, 15) is 4.39 Å². The maximum atomic E-state index is 13.2. The highest BCUT2D eigenvalue weighted by Crippen LogP contribution is 2.18. The van der Waals surface area contributed by atoms with Gasteiger partial charge in [0.25, 0.3) is 0 Å². The van der Waals surface area contributed by atoms with Gasteiger partial charge in [0.2, 0.25) is 0 Å². The molecule has 0 saturated carbocycles. The second kappa shape index (κ2) is 16.9. The fourth-order valence-electron chi connectivity index (χ4n) is 3.64. The Morgan fingerprint density at radius 1 is 0.724 bits per heavy atom. The predicted molar refractivity (Wildman–Crippen MR) is 125 cm³/mol. The minimum Gasteiger partial charge on any atom is -0.520 e. The van der Waals surface area contributed by atoms with Crippen LogP contribution in [0.1, 0.15) is 103 Å². The Balaban J connectivity index is 1.87. The average molecular weight is 425 g/mol. The average Bonchev–Trinajstić information content (AvgIpc) is 2.67. The minimum atomic E-state index is -2.24. The van der Waals surface area contributed by atoms with Crippen molar-refractivity contribution in [2.45, 2.75) is 116 Å². The molecule has 0 N–H and O–H groups in total. The molecular weight excluding hydrogens is 379 g/mol. The fourth-order valence-corrected chi connectivity index (χ4v) is 5.02. The Morgan fingerprint density at radius 2 is 1.21 bits per heavy atom. The summed E-state index contributed by atoms with van der Waals surface area (Å²) in [5.74, 6) is 0.299. The molecule has 29 heavy (non-hydrogen) atoms. The molecule has 168 valence electrons. The molecular formula is C25H45FO2Si. The minimum absolute atomic E-state index is 0.269. The van der Waals surface area contributed by atoms with Crippen molar-refractivity contribution in [3.8, 4) is 5.75 Å². The molecule has 0 aliphatic heterocycles. The van der Waals surface area contributed by atoms with Gasteiger partial charge in [-0.3, -0.25) is 0 Å². The zero-order valence-electron chi connectivity index (χ0n) is 19.3. The first kappa shape index (κ1) is 26.2. The van der Waals surface area contributed by atoms with Crippen molar-refractivity contribution >= 4 is 8.56 Å². The summed E-state index contributed by atoms with van der Waals surface area (Å²) in [5.41, 5.74) is 0.